The first kappa shape index (κ1) is 24.4. The van der Waals surface area contributed by atoms with Gasteiger partial charge in [0.1, 0.15) is 5.75 Å². The van der Waals surface area contributed by atoms with Crippen LogP contribution in [0.3, 0.4) is 0 Å². The standard InChI is InChI=1S/C25H24Cl2N2O2.ClH/c1-17-4-2-3-5-22(17)29-23(16-28-15-14-18-6-8-19(26)9-7-18)24(25(29)30)31-21-12-10-20(27)11-13-21;/h2-13,23-24,28H,14-16H2,1H3;1H. The van der Waals surface area contributed by atoms with Crippen molar-refractivity contribution in [1.82, 2.24) is 5.32 Å². The number of halogens is 3. The van der Waals surface area contributed by atoms with E-state index in [9.17, 15) is 4.79 Å². The summed E-state index contributed by atoms with van der Waals surface area (Å²) in [6, 6.07) is 22.8. The molecule has 2 unspecified atom stereocenters. The molecule has 7 heteroatoms. The normalized spacial score (nSPS) is 17.5. The fourth-order valence-corrected chi connectivity index (χ4v) is 4.02. The van der Waals surface area contributed by atoms with Crippen molar-refractivity contribution >= 4 is 47.2 Å². The van der Waals surface area contributed by atoms with Gasteiger partial charge in [-0.3, -0.25) is 4.79 Å². The Hall–Kier alpha value is -2.24. The van der Waals surface area contributed by atoms with E-state index in [2.05, 4.69) is 5.32 Å². The molecule has 4 rings (SSSR count). The van der Waals surface area contributed by atoms with E-state index in [1.54, 1.807) is 24.3 Å². The van der Waals surface area contributed by atoms with Crippen molar-refractivity contribution in [1.29, 1.82) is 0 Å². The average Bonchev–Trinajstić information content (AvgIpc) is 2.77. The first-order valence-electron chi connectivity index (χ1n) is 10.3. The number of anilines is 1. The van der Waals surface area contributed by atoms with Crippen molar-refractivity contribution in [3.05, 3.63) is 94.0 Å². The summed E-state index contributed by atoms with van der Waals surface area (Å²) in [5.41, 5.74) is 3.20. The lowest BCUT2D eigenvalue weighted by Crippen LogP contribution is -2.70. The number of nitrogens with one attached hydrogen (secondary N) is 1. The van der Waals surface area contributed by atoms with E-state index in [4.69, 9.17) is 27.9 Å². The van der Waals surface area contributed by atoms with E-state index >= 15 is 0 Å². The number of ether oxygens (including phenoxy) is 1. The maximum atomic E-state index is 13.0. The third-order valence-corrected chi connectivity index (χ3v) is 5.97. The third-order valence-electron chi connectivity index (χ3n) is 5.47. The Morgan fingerprint density at radius 3 is 2.22 bits per heavy atom. The predicted molar refractivity (Wildman–Crippen MR) is 134 cm³/mol. The summed E-state index contributed by atoms with van der Waals surface area (Å²) < 4.78 is 6.05. The van der Waals surface area contributed by atoms with E-state index in [0.717, 1.165) is 29.2 Å². The molecule has 0 aliphatic carbocycles. The van der Waals surface area contributed by atoms with E-state index in [-0.39, 0.29) is 24.4 Å². The van der Waals surface area contributed by atoms with Crippen LogP contribution in [0, 0.1) is 6.92 Å². The van der Waals surface area contributed by atoms with Crippen LogP contribution in [-0.2, 0) is 11.2 Å². The Morgan fingerprint density at radius 1 is 0.938 bits per heavy atom. The Labute approximate surface area is 204 Å². The Kier molecular flexibility index (Phi) is 8.44. The number of aryl methyl sites for hydroxylation is 1. The molecule has 0 radical (unpaired) electrons. The molecule has 1 aliphatic rings. The van der Waals surface area contributed by atoms with Crippen molar-refractivity contribution in [2.75, 3.05) is 18.0 Å². The zero-order valence-electron chi connectivity index (χ0n) is 17.6. The number of carbonyl (C=O) groups is 1. The van der Waals surface area contributed by atoms with Crippen molar-refractivity contribution in [3.63, 3.8) is 0 Å². The highest BCUT2D eigenvalue weighted by atomic mass is 35.5. The largest absolute Gasteiger partial charge is 0.478 e. The second-order valence-corrected chi connectivity index (χ2v) is 8.51. The number of nitrogens with zero attached hydrogens (tertiary/aromatic N) is 1. The maximum absolute atomic E-state index is 13.0. The third kappa shape index (κ3) is 5.57. The fraction of sp³-hybridized carbons (Fsp3) is 0.240. The van der Waals surface area contributed by atoms with Gasteiger partial charge in [-0.15, -0.1) is 12.4 Å². The van der Waals surface area contributed by atoms with Gasteiger partial charge in [0.25, 0.3) is 5.91 Å². The highest BCUT2D eigenvalue weighted by Gasteiger charge is 2.50. The van der Waals surface area contributed by atoms with Crippen LogP contribution in [0.5, 0.6) is 5.75 Å². The average molecular weight is 492 g/mol. The number of rotatable bonds is 8. The second-order valence-electron chi connectivity index (χ2n) is 7.64. The molecule has 1 N–H and O–H groups in total. The van der Waals surface area contributed by atoms with Gasteiger partial charge in [-0.05, 0) is 73.5 Å². The molecule has 0 aromatic heterocycles. The van der Waals surface area contributed by atoms with E-state index in [1.807, 2.05) is 60.4 Å². The minimum absolute atomic E-state index is 0. The zero-order valence-corrected chi connectivity index (χ0v) is 20.0. The minimum Gasteiger partial charge on any atom is -0.478 e. The highest BCUT2D eigenvalue weighted by molar-refractivity contribution is 6.30. The summed E-state index contributed by atoms with van der Waals surface area (Å²) in [4.78, 5) is 14.9. The van der Waals surface area contributed by atoms with Crippen LogP contribution in [-0.4, -0.2) is 31.1 Å². The Morgan fingerprint density at radius 2 is 1.56 bits per heavy atom. The summed E-state index contributed by atoms with van der Waals surface area (Å²) in [5.74, 6) is 0.604. The summed E-state index contributed by atoms with van der Waals surface area (Å²) in [6.07, 6.45) is 0.342. The minimum atomic E-state index is -0.538. The van der Waals surface area contributed by atoms with Crippen LogP contribution < -0.4 is 15.0 Å². The molecule has 1 heterocycles. The van der Waals surface area contributed by atoms with Gasteiger partial charge in [0, 0.05) is 22.3 Å². The Bertz CT molecular complexity index is 1040. The molecular formula is C25H25Cl3N2O2. The molecule has 3 aromatic carbocycles. The molecule has 0 bridgehead atoms. The molecular weight excluding hydrogens is 467 g/mol. The lowest BCUT2D eigenvalue weighted by atomic mass is 9.95. The molecule has 32 heavy (non-hydrogen) atoms. The summed E-state index contributed by atoms with van der Waals surface area (Å²) >= 11 is 11.9. The van der Waals surface area contributed by atoms with Crippen molar-refractivity contribution in [3.8, 4) is 5.75 Å². The molecule has 2 atom stereocenters. The van der Waals surface area contributed by atoms with Gasteiger partial charge in [-0.25, -0.2) is 0 Å². The van der Waals surface area contributed by atoms with Crippen LogP contribution in [0.25, 0.3) is 0 Å². The Balaban J connectivity index is 0.00000289. The van der Waals surface area contributed by atoms with Gasteiger partial charge in [0.2, 0.25) is 0 Å². The number of benzene rings is 3. The van der Waals surface area contributed by atoms with Crippen LogP contribution in [0.15, 0.2) is 72.8 Å². The number of carbonyl (C=O) groups excluding carboxylic acids is 1. The molecule has 3 aromatic rings. The van der Waals surface area contributed by atoms with Crippen LogP contribution >= 0.6 is 35.6 Å². The molecule has 0 spiro atoms. The molecule has 1 aliphatic heterocycles. The van der Waals surface area contributed by atoms with Crippen molar-refractivity contribution in [2.24, 2.45) is 0 Å². The van der Waals surface area contributed by atoms with Gasteiger partial charge in [-0.2, -0.15) is 0 Å². The van der Waals surface area contributed by atoms with Crippen LogP contribution in [0.1, 0.15) is 11.1 Å². The van der Waals surface area contributed by atoms with E-state index < -0.39 is 6.10 Å². The quantitative estimate of drug-likeness (QED) is 0.324. The second kappa shape index (κ2) is 11.1. The monoisotopic (exact) mass is 490 g/mol. The smallest absolute Gasteiger partial charge is 0.270 e. The number of β-lactam (4-membered cyclic amide) rings is 1. The number of hydrogen-bond acceptors (Lipinski definition) is 3. The predicted octanol–water partition coefficient (Wildman–Crippen LogP) is 5.72. The number of hydrogen-bond donors (Lipinski definition) is 1. The number of para-hydroxylation sites is 1. The molecule has 1 fully saturated rings. The highest BCUT2D eigenvalue weighted by Crippen LogP contribution is 2.33. The number of amides is 1. The molecule has 4 nitrogen and oxygen atoms in total. The van der Waals surface area contributed by atoms with Crippen molar-refractivity contribution < 1.29 is 9.53 Å². The lowest BCUT2D eigenvalue weighted by Gasteiger charge is -2.47. The van der Waals surface area contributed by atoms with Crippen LogP contribution in [0.4, 0.5) is 5.69 Å². The van der Waals surface area contributed by atoms with Gasteiger partial charge in [-0.1, -0.05) is 53.5 Å². The molecule has 0 saturated carbocycles. The first-order valence-corrected chi connectivity index (χ1v) is 11.0. The van der Waals surface area contributed by atoms with Gasteiger partial charge < -0.3 is 15.0 Å². The summed E-state index contributed by atoms with van der Waals surface area (Å²) in [5, 5.41) is 4.86. The molecule has 168 valence electrons. The van der Waals surface area contributed by atoms with E-state index in [1.165, 1.54) is 5.56 Å². The van der Waals surface area contributed by atoms with E-state index in [0.29, 0.717) is 17.3 Å². The maximum Gasteiger partial charge on any atom is 0.270 e. The van der Waals surface area contributed by atoms with Gasteiger partial charge >= 0.3 is 0 Å². The van der Waals surface area contributed by atoms with Crippen LogP contribution in [0.2, 0.25) is 10.0 Å². The topological polar surface area (TPSA) is 41.6 Å². The van der Waals surface area contributed by atoms with Crippen molar-refractivity contribution in [2.45, 2.75) is 25.5 Å². The molecule has 1 amide bonds. The molecule has 1 saturated heterocycles. The lowest BCUT2D eigenvalue weighted by molar-refractivity contribution is -0.134. The summed E-state index contributed by atoms with van der Waals surface area (Å²) in [6.45, 7) is 3.44. The SMILES string of the molecule is Cc1ccccc1N1C(=O)C(Oc2ccc(Cl)cc2)C1CNCCc1ccc(Cl)cc1.Cl. The first-order chi connectivity index (χ1) is 15.0. The summed E-state index contributed by atoms with van der Waals surface area (Å²) in [7, 11) is 0. The van der Waals surface area contributed by atoms with Gasteiger partial charge in [0.05, 0.1) is 6.04 Å². The van der Waals surface area contributed by atoms with Gasteiger partial charge in [0.15, 0.2) is 6.10 Å². The zero-order chi connectivity index (χ0) is 21.8. The fourth-order valence-electron chi connectivity index (χ4n) is 3.77.